The van der Waals surface area contributed by atoms with Crippen molar-refractivity contribution in [1.82, 2.24) is 9.47 Å². The third-order valence-electron chi connectivity index (χ3n) is 4.27. The van der Waals surface area contributed by atoms with Gasteiger partial charge in [-0.15, -0.1) is 0 Å². The molecule has 24 heavy (non-hydrogen) atoms. The molecule has 0 unspecified atom stereocenters. The molecule has 0 spiro atoms. The topological polar surface area (TPSA) is 76.7 Å². The number of rotatable bonds is 4. The van der Waals surface area contributed by atoms with E-state index < -0.39 is 5.76 Å². The molecule has 1 saturated heterocycles. The van der Waals surface area contributed by atoms with Crippen molar-refractivity contribution in [1.29, 1.82) is 0 Å². The summed E-state index contributed by atoms with van der Waals surface area (Å²) < 4.78 is 12.3. The van der Waals surface area contributed by atoms with Crippen LogP contribution in [0.1, 0.15) is 26.2 Å². The van der Waals surface area contributed by atoms with E-state index in [1.54, 1.807) is 30.1 Å². The van der Waals surface area contributed by atoms with Gasteiger partial charge >= 0.3 is 11.8 Å². The van der Waals surface area contributed by atoms with Crippen LogP contribution in [0.3, 0.4) is 0 Å². The number of urea groups is 1. The summed E-state index contributed by atoms with van der Waals surface area (Å²) in [5, 5.41) is 2.87. The van der Waals surface area contributed by atoms with Crippen molar-refractivity contribution in [2.24, 2.45) is 7.05 Å². The molecule has 0 aliphatic carbocycles. The van der Waals surface area contributed by atoms with Crippen molar-refractivity contribution in [3.8, 4) is 0 Å². The molecule has 2 amide bonds. The molecule has 1 atom stereocenters. The Kier molecular flexibility index (Phi) is 4.89. The Balaban J connectivity index is 1.66. The molecule has 0 radical (unpaired) electrons. The van der Waals surface area contributed by atoms with Gasteiger partial charge in [0.15, 0.2) is 5.58 Å². The zero-order valence-electron chi connectivity index (χ0n) is 14.1. The molecule has 1 aromatic carbocycles. The minimum Gasteiger partial charge on any atom is -0.408 e. The average molecular weight is 333 g/mol. The Hall–Kier alpha value is -2.28. The smallest absolute Gasteiger partial charge is 0.408 e. The fraction of sp³-hybridized carbons (Fsp3) is 0.529. The van der Waals surface area contributed by atoms with Gasteiger partial charge < -0.3 is 19.4 Å². The molecule has 130 valence electrons. The van der Waals surface area contributed by atoms with E-state index >= 15 is 0 Å². The van der Waals surface area contributed by atoms with Crippen LogP contribution in [0.2, 0.25) is 0 Å². The number of ether oxygens (including phenoxy) is 1. The van der Waals surface area contributed by atoms with Gasteiger partial charge in [0, 0.05) is 38.5 Å². The molecule has 7 heteroatoms. The number of anilines is 1. The standard InChI is InChI=1S/C17H23N3O4/c1-3-9-23-13-5-4-8-20(11-13)16(21)18-12-6-7-14-15(10-12)24-17(22)19(14)2/h6-7,10,13H,3-5,8-9,11H2,1-2H3,(H,18,21)/t13-/m0/s1. The SMILES string of the molecule is CCCO[C@H]1CCCN(C(=O)Nc2ccc3c(c2)oc(=O)n3C)C1. The molecule has 2 aromatic rings. The first-order chi connectivity index (χ1) is 11.6. The van der Waals surface area contributed by atoms with Crippen LogP contribution in [0.4, 0.5) is 10.5 Å². The van der Waals surface area contributed by atoms with E-state index in [4.69, 9.17) is 9.15 Å². The highest BCUT2D eigenvalue weighted by Gasteiger charge is 2.24. The summed E-state index contributed by atoms with van der Waals surface area (Å²) in [5.74, 6) is -0.416. The first kappa shape index (κ1) is 16.6. The van der Waals surface area contributed by atoms with E-state index in [2.05, 4.69) is 12.2 Å². The number of carbonyl (C=O) groups excluding carboxylic acids is 1. The second-order valence-electron chi connectivity index (χ2n) is 6.12. The van der Waals surface area contributed by atoms with E-state index in [1.807, 2.05) is 0 Å². The first-order valence-corrected chi connectivity index (χ1v) is 8.35. The largest absolute Gasteiger partial charge is 0.419 e. The van der Waals surface area contributed by atoms with Gasteiger partial charge in [-0.3, -0.25) is 4.57 Å². The number of aryl methyl sites for hydroxylation is 1. The summed E-state index contributed by atoms with van der Waals surface area (Å²) >= 11 is 0. The second-order valence-corrected chi connectivity index (χ2v) is 6.12. The van der Waals surface area contributed by atoms with Crippen LogP contribution < -0.4 is 11.1 Å². The molecule has 3 rings (SSSR count). The maximum atomic E-state index is 12.5. The molecule has 0 bridgehead atoms. The van der Waals surface area contributed by atoms with Crippen molar-refractivity contribution in [3.05, 3.63) is 28.7 Å². The lowest BCUT2D eigenvalue weighted by atomic mass is 10.1. The number of oxazole rings is 1. The molecule has 1 aliphatic heterocycles. The van der Waals surface area contributed by atoms with Gasteiger partial charge in [0.2, 0.25) is 0 Å². The molecule has 1 fully saturated rings. The predicted octanol–water partition coefficient (Wildman–Crippen LogP) is 2.55. The second kappa shape index (κ2) is 7.09. The van der Waals surface area contributed by atoms with Gasteiger partial charge in [0.05, 0.1) is 11.6 Å². The van der Waals surface area contributed by atoms with Gasteiger partial charge in [-0.25, -0.2) is 9.59 Å². The number of hydrogen-bond donors (Lipinski definition) is 1. The third kappa shape index (κ3) is 3.46. The predicted molar refractivity (Wildman–Crippen MR) is 91.3 cm³/mol. The van der Waals surface area contributed by atoms with Gasteiger partial charge in [-0.05, 0) is 31.4 Å². The quantitative estimate of drug-likeness (QED) is 0.933. The fourth-order valence-electron chi connectivity index (χ4n) is 2.96. The maximum absolute atomic E-state index is 12.5. The van der Waals surface area contributed by atoms with E-state index in [0.29, 0.717) is 23.3 Å². The number of hydrogen-bond acceptors (Lipinski definition) is 4. The number of likely N-dealkylation sites (tertiary alicyclic amines) is 1. The van der Waals surface area contributed by atoms with E-state index in [0.717, 1.165) is 32.4 Å². The van der Waals surface area contributed by atoms with Crippen LogP contribution in [-0.2, 0) is 11.8 Å². The Morgan fingerprint density at radius 2 is 2.29 bits per heavy atom. The fourth-order valence-corrected chi connectivity index (χ4v) is 2.96. The molecular formula is C17H23N3O4. The molecule has 7 nitrogen and oxygen atoms in total. The average Bonchev–Trinajstić information content (AvgIpc) is 2.87. The highest BCUT2D eigenvalue weighted by molar-refractivity contribution is 5.91. The molecule has 1 aromatic heterocycles. The van der Waals surface area contributed by atoms with Crippen LogP contribution in [-0.4, -0.2) is 41.3 Å². The number of amides is 2. The summed E-state index contributed by atoms with van der Waals surface area (Å²) in [7, 11) is 1.65. The molecular weight excluding hydrogens is 310 g/mol. The zero-order chi connectivity index (χ0) is 17.1. The Bertz CT molecular complexity index is 780. The van der Waals surface area contributed by atoms with Crippen molar-refractivity contribution in [3.63, 3.8) is 0 Å². The van der Waals surface area contributed by atoms with E-state index in [-0.39, 0.29) is 12.1 Å². The number of piperidine rings is 1. The van der Waals surface area contributed by atoms with Gasteiger partial charge in [0.1, 0.15) is 0 Å². The minimum atomic E-state index is -0.416. The molecule has 2 heterocycles. The maximum Gasteiger partial charge on any atom is 0.419 e. The number of benzene rings is 1. The molecule has 1 N–H and O–H groups in total. The van der Waals surface area contributed by atoms with E-state index in [9.17, 15) is 9.59 Å². The van der Waals surface area contributed by atoms with Crippen LogP contribution in [0.25, 0.3) is 11.1 Å². The first-order valence-electron chi connectivity index (χ1n) is 8.35. The van der Waals surface area contributed by atoms with Crippen LogP contribution in [0.5, 0.6) is 0 Å². The van der Waals surface area contributed by atoms with Crippen LogP contribution in [0.15, 0.2) is 27.4 Å². The molecule has 1 aliphatic rings. The normalized spacial score (nSPS) is 18.1. The highest BCUT2D eigenvalue weighted by atomic mass is 16.5. The lowest BCUT2D eigenvalue weighted by Crippen LogP contribution is -2.45. The summed E-state index contributed by atoms with van der Waals surface area (Å²) in [6.45, 7) is 4.13. The van der Waals surface area contributed by atoms with Gasteiger partial charge in [-0.2, -0.15) is 0 Å². The number of aromatic nitrogens is 1. The number of nitrogens with zero attached hydrogens (tertiary/aromatic N) is 2. The number of fused-ring (bicyclic) bond motifs is 1. The van der Waals surface area contributed by atoms with Crippen molar-refractivity contribution >= 4 is 22.8 Å². The number of carbonyl (C=O) groups is 1. The lowest BCUT2D eigenvalue weighted by Gasteiger charge is -2.32. The molecule has 0 saturated carbocycles. The lowest BCUT2D eigenvalue weighted by molar-refractivity contribution is 0.0115. The summed E-state index contributed by atoms with van der Waals surface area (Å²) in [4.78, 5) is 25.8. The minimum absolute atomic E-state index is 0.110. The van der Waals surface area contributed by atoms with E-state index in [1.165, 1.54) is 4.57 Å². The van der Waals surface area contributed by atoms with Crippen molar-refractivity contribution in [2.75, 3.05) is 25.0 Å². The Morgan fingerprint density at radius 1 is 1.46 bits per heavy atom. The Labute approximate surface area is 140 Å². The summed E-state index contributed by atoms with van der Waals surface area (Å²) in [6.07, 6.45) is 3.02. The van der Waals surface area contributed by atoms with Gasteiger partial charge in [0.25, 0.3) is 0 Å². The summed E-state index contributed by atoms with van der Waals surface area (Å²) in [6, 6.07) is 5.05. The van der Waals surface area contributed by atoms with Gasteiger partial charge in [-0.1, -0.05) is 6.92 Å². The van der Waals surface area contributed by atoms with Crippen LogP contribution >= 0.6 is 0 Å². The van der Waals surface area contributed by atoms with Crippen molar-refractivity contribution < 1.29 is 13.9 Å². The third-order valence-corrected chi connectivity index (χ3v) is 4.27. The number of nitrogens with one attached hydrogen (secondary N) is 1. The van der Waals surface area contributed by atoms with Crippen LogP contribution in [0, 0.1) is 0 Å². The summed E-state index contributed by atoms with van der Waals surface area (Å²) in [5.41, 5.74) is 1.77. The Morgan fingerprint density at radius 3 is 3.08 bits per heavy atom. The van der Waals surface area contributed by atoms with Crippen molar-refractivity contribution in [2.45, 2.75) is 32.3 Å². The monoisotopic (exact) mass is 333 g/mol. The highest BCUT2D eigenvalue weighted by Crippen LogP contribution is 2.19. The zero-order valence-corrected chi connectivity index (χ0v) is 14.1.